The van der Waals surface area contributed by atoms with Gasteiger partial charge in [0.25, 0.3) is 0 Å². The Morgan fingerprint density at radius 3 is 2.94 bits per heavy atom. The highest BCUT2D eigenvalue weighted by Crippen LogP contribution is 2.34. The van der Waals surface area contributed by atoms with Crippen LogP contribution in [0.15, 0.2) is 18.2 Å². The van der Waals surface area contributed by atoms with E-state index in [0.717, 1.165) is 37.0 Å². The molecule has 0 amide bonds. The predicted molar refractivity (Wildman–Crippen MR) is 68.0 cm³/mol. The van der Waals surface area contributed by atoms with Gasteiger partial charge in [-0.2, -0.15) is 0 Å². The van der Waals surface area contributed by atoms with Crippen molar-refractivity contribution in [3.8, 4) is 0 Å². The highest BCUT2D eigenvalue weighted by Gasteiger charge is 2.32. The van der Waals surface area contributed by atoms with Gasteiger partial charge in [0, 0.05) is 17.9 Å². The number of benzene rings is 1. The third-order valence-electron chi connectivity index (χ3n) is 3.56. The molecule has 0 saturated carbocycles. The van der Waals surface area contributed by atoms with Gasteiger partial charge in [-0.15, -0.1) is 11.6 Å². The lowest BCUT2D eigenvalue weighted by molar-refractivity contribution is 0.00468. The first-order valence-electron chi connectivity index (χ1n) is 6.04. The number of ether oxygens (including phenoxy) is 1. The first-order chi connectivity index (χ1) is 8.15. The van der Waals surface area contributed by atoms with Gasteiger partial charge in [-0.3, -0.25) is 0 Å². The molecule has 0 bridgehead atoms. The summed E-state index contributed by atoms with van der Waals surface area (Å²) in [6, 6.07) is 4.96. The molecule has 1 aromatic rings. The van der Waals surface area contributed by atoms with E-state index in [9.17, 15) is 4.39 Å². The molecule has 1 unspecified atom stereocenters. The van der Waals surface area contributed by atoms with Gasteiger partial charge >= 0.3 is 0 Å². The molecule has 1 nitrogen and oxygen atoms in total. The van der Waals surface area contributed by atoms with Gasteiger partial charge in [0.2, 0.25) is 0 Å². The Labute approximate surface area is 107 Å². The van der Waals surface area contributed by atoms with Crippen molar-refractivity contribution in [3.05, 3.63) is 35.1 Å². The molecule has 0 N–H and O–H groups in total. The van der Waals surface area contributed by atoms with Crippen molar-refractivity contribution in [1.82, 2.24) is 0 Å². The molecule has 3 heteroatoms. The van der Waals surface area contributed by atoms with Crippen molar-refractivity contribution in [3.63, 3.8) is 0 Å². The van der Waals surface area contributed by atoms with Crippen LogP contribution in [0, 0.1) is 18.2 Å². The van der Waals surface area contributed by atoms with E-state index in [1.54, 1.807) is 6.07 Å². The minimum absolute atomic E-state index is 0.0155. The average Bonchev–Trinajstić information content (AvgIpc) is 2.35. The van der Waals surface area contributed by atoms with Gasteiger partial charge in [0.05, 0.1) is 6.61 Å². The number of hydrogen-bond donors (Lipinski definition) is 0. The van der Waals surface area contributed by atoms with Crippen molar-refractivity contribution >= 4 is 11.6 Å². The normalized spacial score (nSPS) is 24.9. The van der Waals surface area contributed by atoms with Crippen LogP contribution in [0.4, 0.5) is 4.39 Å². The molecule has 0 spiro atoms. The summed E-state index contributed by atoms with van der Waals surface area (Å²) in [6.45, 7) is 3.52. The number of aryl methyl sites for hydroxylation is 1. The number of alkyl halides is 1. The Kier molecular flexibility index (Phi) is 4.05. The highest BCUT2D eigenvalue weighted by molar-refractivity contribution is 6.18. The van der Waals surface area contributed by atoms with E-state index in [4.69, 9.17) is 16.3 Å². The summed E-state index contributed by atoms with van der Waals surface area (Å²) in [4.78, 5) is 0. The maximum Gasteiger partial charge on any atom is 0.123 e. The topological polar surface area (TPSA) is 9.23 Å². The zero-order valence-corrected chi connectivity index (χ0v) is 10.9. The predicted octanol–water partition coefficient (Wildman–Crippen LogP) is 3.71. The van der Waals surface area contributed by atoms with Crippen LogP contribution in [0.1, 0.15) is 24.0 Å². The van der Waals surface area contributed by atoms with Crippen molar-refractivity contribution in [1.29, 1.82) is 0 Å². The summed E-state index contributed by atoms with van der Waals surface area (Å²) in [5, 5.41) is 0. The minimum Gasteiger partial charge on any atom is -0.381 e. The van der Waals surface area contributed by atoms with E-state index in [0.29, 0.717) is 12.5 Å². The standard InChI is InChI=1S/C14H18ClFO/c1-11-3-4-13(16)7-12(11)8-14(9-15)5-2-6-17-10-14/h3-4,7H,2,5-6,8-10H2,1H3. The number of hydrogen-bond acceptors (Lipinski definition) is 1. The van der Waals surface area contributed by atoms with Crippen molar-refractivity contribution in [2.75, 3.05) is 19.1 Å². The zero-order valence-electron chi connectivity index (χ0n) is 10.1. The Hall–Kier alpha value is -0.600. The SMILES string of the molecule is Cc1ccc(F)cc1CC1(CCl)CCCOC1. The molecular weight excluding hydrogens is 239 g/mol. The van der Waals surface area contributed by atoms with E-state index in [1.807, 2.05) is 13.0 Å². The van der Waals surface area contributed by atoms with Crippen LogP contribution < -0.4 is 0 Å². The first kappa shape index (κ1) is 12.8. The lowest BCUT2D eigenvalue weighted by Crippen LogP contribution is -2.35. The number of halogens is 2. The highest BCUT2D eigenvalue weighted by atomic mass is 35.5. The monoisotopic (exact) mass is 256 g/mol. The molecule has 1 fully saturated rings. The van der Waals surface area contributed by atoms with Crippen LogP contribution in [-0.4, -0.2) is 19.1 Å². The van der Waals surface area contributed by atoms with E-state index >= 15 is 0 Å². The molecule has 0 radical (unpaired) electrons. The molecule has 0 aromatic heterocycles. The molecule has 17 heavy (non-hydrogen) atoms. The minimum atomic E-state index is -0.174. The molecule has 1 heterocycles. The molecule has 1 aliphatic rings. The van der Waals surface area contributed by atoms with E-state index < -0.39 is 0 Å². The largest absolute Gasteiger partial charge is 0.381 e. The van der Waals surface area contributed by atoms with Crippen LogP contribution in [0.3, 0.4) is 0 Å². The van der Waals surface area contributed by atoms with Gasteiger partial charge in [0.1, 0.15) is 5.82 Å². The summed E-state index contributed by atoms with van der Waals surface area (Å²) in [7, 11) is 0. The summed E-state index contributed by atoms with van der Waals surface area (Å²) in [5.41, 5.74) is 2.16. The Balaban J connectivity index is 2.20. The molecule has 0 aliphatic carbocycles. The molecule has 94 valence electrons. The summed E-state index contributed by atoms with van der Waals surface area (Å²) in [5.74, 6) is 0.398. The van der Waals surface area contributed by atoms with Crippen molar-refractivity contribution in [2.24, 2.45) is 5.41 Å². The zero-order chi connectivity index (χ0) is 12.3. The van der Waals surface area contributed by atoms with Gasteiger partial charge in [-0.1, -0.05) is 6.07 Å². The molecule has 1 aromatic carbocycles. The van der Waals surface area contributed by atoms with Crippen LogP contribution in [0.25, 0.3) is 0 Å². The fourth-order valence-corrected chi connectivity index (χ4v) is 2.74. The van der Waals surface area contributed by atoms with Gasteiger partial charge in [0.15, 0.2) is 0 Å². The lowest BCUT2D eigenvalue weighted by Gasteiger charge is -2.35. The summed E-state index contributed by atoms with van der Waals surface area (Å²) >= 11 is 6.11. The van der Waals surface area contributed by atoms with Crippen LogP contribution in [-0.2, 0) is 11.2 Å². The molecular formula is C14H18ClFO. The molecule has 1 saturated heterocycles. The molecule has 2 rings (SSSR count). The Bertz CT molecular complexity index is 386. The number of rotatable bonds is 3. The van der Waals surface area contributed by atoms with Crippen LogP contribution in [0.2, 0.25) is 0 Å². The second kappa shape index (κ2) is 5.36. The van der Waals surface area contributed by atoms with Crippen LogP contribution in [0.5, 0.6) is 0 Å². The van der Waals surface area contributed by atoms with E-state index in [2.05, 4.69) is 0 Å². The van der Waals surface area contributed by atoms with Gasteiger partial charge < -0.3 is 4.74 Å². The lowest BCUT2D eigenvalue weighted by atomic mass is 9.78. The quantitative estimate of drug-likeness (QED) is 0.749. The maximum atomic E-state index is 13.3. The third kappa shape index (κ3) is 2.99. The van der Waals surface area contributed by atoms with Crippen molar-refractivity contribution < 1.29 is 9.13 Å². The third-order valence-corrected chi connectivity index (χ3v) is 4.13. The summed E-state index contributed by atoms with van der Waals surface area (Å²) in [6.07, 6.45) is 2.91. The van der Waals surface area contributed by atoms with Crippen LogP contribution >= 0.6 is 11.6 Å². The Morgan fingerprint density at radius 1 is 1.47 bits per heavy atom. The second-order valence-electron chi connectivity index (χ2n) is 5.04. The molecule has 1 aliphatic heterocycles. The average molecular weight is 257 g/mol. The second-order valence-corrected chi connectivity index (χ2v) is 5.30. The van der Waals surface area contributed by atoms with Crippen molar-refractivity contribution in [2.45, 2.75) is 26.2 Å². The first-order valence-corrected chi connectivity index (χ1v) is 6.57. The fourth-order valence-electron chi connectivity index (χ4n) is 2.44. The van der Waals surface area contributed by atoms with E-state index in [1.165, 1.54) is 6.07 Å². The Morgan fingerprint density at radius 2 is 2.29 bits per heavy atom. The maximum absolute atomic E-state index is 13.3. The fraction of sp³-hybridized carbons (Fsp3) is 0.571. The smallest absolute Gasteiger partial charge is 0.123 e. The van der Waals surface area contributed by atoms with Gasteiger partial charge in [-0.05, 0) is 49.4 Å². The van der Waals surface area contributed by atoms with E-state index in [-0.39, 0.29) is 11.2 Å². The van der Waals surface area contributed by atoms with Gasteiger partial charge in [-0.25, -0.2) is 4.39 Å². The molecule has 1 atom stereocenters. The summed E-state index contributed by atoms with van der Waals surface area (Å²) < 4.78 is 18.8.